The van der Waals surface area contributed by atoms with E-state index < -0.39 is 0 Å². The summed E-state index contributed by atoms with van der Waals surface area (Å²) in [5.74, 6) is 0.743. The summed E-state index contributed by atoms with van der Waals surface area (Å²) in [5.41, 5.74) is 0. The number of aliphatic hydroxyl groups is 1. The lowest BCUT2D eigenvalue weighted by molar-refractivity contribution is 0.182. The second-order valence-electron chi connectivity index (χ2n) is 4.11. The highest BCUT2D eigenvalue weighted by atomic mass is 16.3. The maximum Gasteiger partial charge on any atom is 0.0682 e. The summed E-state index contributed by atoms with van der Waals surface area (Å²) < 4.78 is 0. The van der Waals surface area contributed by atoms with Crippen LogP contribution in [0.5, 0.6) is 0 Å². The molecule has 1 saturated heterocycles. The Morgan fingerprint density at radius 2 is 2.18 bits per heavy atom. The monoisotopic (exact) mass is 157 g/mol. The fraction of sp³-hybridized carbons (Fsp3) is 1.00. The molecule has 0 aromatic carbocycles. The van der Waals surface area contributed by atoms with Gasteiger partial charge in [-0.2, -0.15) is 0 Å². The van der Waals surface area contributed by atoms with Crippen LogP contribution in [0.3, 0.4) is 0 Å². The van der Waals surface area contributed by atoms with Crippen LogP contribution in [0, 0.1) is 5.92 Å². The Labute approximate surface area is 69.2 Å². The molecule has 0 radical (unpaired) electrons. The Balaban J connectivity index is 2.34. The number of likely N-dealkylation sites (tertiary alicyclic amines) is 1. The average Bonchev–Trinajstić information content (AvgIpc) is 2.09. The van der Waals surface area contributed by atoms with E-state index in [0.717, 1.165) is 18.9 Å². The molecule has 0 aromatic rings. The molecular weight excluding hydrogens is 138 g/mol. The molecule has 2 nitrogen and oxygen atoms in total. The molecule has 1 N–H and O–H groups in total. The molecule has 0 aliphatic carbocycles. The third-order valence-corrected chi connectivity index (χ3v) is 2.41. The summed E-state index contributed by atoms with van der Waals surface area (Å²) in [7, 11) is 2.10. The van der Waals surface area contributed by atoms with Crippen LogP contribution in [0.4, 0.5) is 0 Å². The van der Waals surface area contributed by atoms with E-state index in [2.05, 4.69) is 25.8 Å². The van der Waals surface area contributed by atoms with Crippen LogP contribution in [0.2, 0.25) is 0 Å². The van der Waals surface area contributed by atoms with Gasteiger partial charge in [0.05, 0.1) is 6.10 Å². The molecule has 11 heavy (non-hydrogen) atoms. The van der Waals surface area contributed by atoms with Gasteiger partial charge in [0.2, 0.25) is 0 Å². The third kappa shape index (κ3) is 2.46. The first-order chi connectivity index (χ1) is 5.09. The summed E-state index contributed by atoms with van der Waals surface area (Å²) in [5, 5.41) is 9.34. The predicted octanol–water partition coefficient (Wildman–Crippen LogP) is 1.10. The lowest BCUT2D eigenvalue weighted by Crippen LogP contribution is -2.26. The minimum atomic E-state index is -0.0799. The number of hydrogen-bond acceptors (Lipinski definition) is 2. The van der Waals surface area contributed by atoms with Gasteiger partial charge in [0.25, 0.3) is 0 Å². The average molecular weight is 157 g/mol. The molecule has 2 heteroatoms. The number of nitrogens with zero attached hydrogens (tertiary/aromatic N) is 1. The van der Waals surface area contributed by atoms with Crippen LogP contribution in [0.25, 0.3) is 0 Å². The second-order valence-corrected chi connectivity index (χ2v) is 4.11. The molecule has 0 spiro atoms. The fourth-order valence-corrected chi connectivity index (χ4v) is 1.87. The van der Waals surface area contributed by atoms with Crippen LogP contribution in [0.1, 0.15) is 26.7 Å². The molecular formula is C9H19NO. The second kappa shape index (κ2) is 3.55. The van der Waals surface area contributed by atoms with Gasteiger partial charge in [-0.1, -0.05) is 13.8 Å². The van der Waals surface area contributed by atoms with E-state index in [4.69, 9.17) is 0 Å². The van der Waals surface area contributed by atoms with Gasteiger partial charge in [-0.05, 0) is 25.8 Å². The first kappa shape index (κ1) is 9.01. The number of β-amino-alcohol motifs (C(OH)–C–C–N with tert-alkyl or cyclic N) is 1. The molecule has 0 unspecified atom stereocenters. The summed E-state index contributed by atoms with van der Waals surface area (Å²) in [6, 6.07) is 0.616. The minimum absolute atomic E-state index is 0.0799. The maximum absolute atomic E-state index is 9.34. The van der Waals surface area contributed by atoms with Gasteiger partial charge in [0.15, 0.2) is 0 Å². The van der Waals surface area contributed by atoms with Gasteiger partial charge in [-0.25, -0.2) is 0 Å². The van der Waals surface area contributed by atoms with E-state index in [0.29, 0.717) is 6.04 Å². The molecule has 1 fully saturated rings. The molecule has 1 heterocycles. The van der Waals surface area contributed by atoms with Crippen molar-refractivity contribution in [2.24, 2.45) is 5.92 Å². The normalized spacial score (nSPS) is 33.5. The predicted molar refractivity (Wildman–Crippen MR) is 46.5 cm³/mol. The number of hydrogen-bond donors (Lipinski definition) is 1. The van der Waals surface area contributed by atoms with Crippen LogP contribution in [0.15, 0.2) is 0 Å². The molecule has 0 aromatic heterocycles. The van der Waals surface area contributed by atoms with Crippen molar-refractivity contribution in [2.45, 2.75) is 38.8 Å². The molecule has 0 amide bonds. The largest absolute Gasteiger partial charge is 0.392 e. The smallest absolute Gasteiger partial charge is 0.0682 e. The van der Waals surface area contributed by atoms with E-state index >= 15 is 0 Å². The van der Waals surface area contributed by atoms with Gasteiger partial charge >= 0.3 is 0 Å². The van der Waals surface area contributed by atoms with Crippen LogP contribution in [-0.2, 0) is 0 Å². The molecule has 1 aliphatic rings. The van der Waals surface area contributed by atoms with Crippen molar-refractivity contribution >= 4 is 0 Å². The summed E-state index contributed by atoms with van der Waals surface area (Å²) >= 11 is 0. The standard InChI is InChI=1S/C9H19NO/c1-7(2)4-8-5-9(11)6-10(8)3/h7-9,11H,4-6H2,1-3H3/t8-,9-/m0/s1. The van der Waals surface area contributed by atoms with Crippen LogP contribution in [-0.4, -0.2) is 35.7 Å². The van der Waals surface area contributed by atoms with Crippen molar-refractivity contribution in [1.82, 2.24) is 4.90 Å². The summed E-state index contributed by atoms with van der Waals surface area (Å²) in [6.07, 6.45) is 2.10. The van der Waals surface area contributed by atoms with Gasteiger partial charge in [0, 0.05) is 12.6 Å². The van der Waals surface area contributed by atoms with E-state index in [1.807, 2.05) is 0 Å². The summed E-state index contributed by atoms with van der Waals surface area (Å²) in [6.45, 7) is 5.33. The fourth-order valence-electron chi connectivity index (χ4n) is 1.87. The highest BCUT2D eigenvalue weighted by Gasteiger charge is 2.27. The molecule has 1 rings (SSSR count). The number of aliphatic hydroxyl groups excluding tert-OH is 1. The first-order valence-electron chi connectivity index (χ1n) is 4.48. The van der Waals surface area contributed by atoms with Crippen LogP contribution < -0.4 is 0 Å². The number of likely N-dealkylation sites (N-methyl/N-ethyl adjacent to an activating group) is 1. The Morgan fingerprint density at radius 1 is 1.55 bits per heavy atom. The van der Waals surface area contributed by atoms with Crippen molar-refractivity contribution in [3.05, 3.63) is 0 Å². The highest BCUT2D eigenvalue weighted by molar-refractivity contribution is 4.83. The third-order valence-electron chi connectivity index (χ3n) is 2.41. The van der Waals surface area contributed by atoms with Crippen molar-refractivity contribution in [3.8, 4) is 0 Å². The highest BCUT2D eigenvalue weighted by Crippen LogP contribution is 2.21. The first-order valence-corrected chi connectivity index (χ1v) is 4.48. The molecule has 1 aliphatic heterocycles. The quantitative estimate of drug-likeness (QED) is 0.649. The van der Waals surface area contributed by atoms with E-state index in [1.165, 1.54) is 6.42 Å². The Morgan fingerprint density at radius 3 is 2.55 bits per heavy atom. The van der Waals surface area contributed by atoms with Gasteiger partial charge in [-0.3, -0.25) is 0 Å². The SMILES string of the molecule is CC(C)C[C@H]1C[C@H](O)CN1C. The van der Waals surface area contributed by atoms with Crippen molar-refractivity contribution in [3.63, 3.8) is 0 Å². The number of rotatable bonds is 2. The Kier molecular flexibility index (Phi) is 2.90. The molecule has 66 valence electrons. The van der Waals surface area contributed by atoms with Gasteiger partial charge < -0.3 is 10.0 Å². The van der Waals surface area contributed by atoms with Crippen molar-refractivity contribution in [1.29, 1.82) is 0 Å². The zero-order valence-corrected chi connectivity index (χ0v) is 7.75. The zero-order chi connectivity index (χ0) is 8.43. The molecule has 0 saturated carbocycles. The van der Waals surface area contributed by atoms with Crippen LogP contribution >= 0.6 is 0 Å². The van der Waals surface area contributed by atoms with Gasteiger partial charge in [-0.15, -0.1) is 0 Å². The van der Waals surface area contributed by atoms with Gasteiger partial charge in [0.1, 0.15) is 0 Å². The molecule has 2 atom stereocenters. The lowest BCUT2D eigenvalue weighted by Gasteiger charge is -2.20. The van der Waals surface area contributed by atoms with E-state index in [-0.39, 0.29) is 6.10 Å². The minimum Gasteiger partial charge on any atom is -0.392 e. The Bertz CT molecular complexity index is 125. The zero-order valence-electron chi connectivity index (χ0n) is 7.75. The Hall–Kier alpha value is -0.0800. The van der Waals surface area contributed by atoms with Crippen molar-refractivity contribution < 1.29 is 5.11 Å². The molecule has 0 bridgehead atoms. The van der Waals surface area contributed by atoms with E-state index in [9.17, 15) is 5.11 Å². The maximum atomic E-state index is 9.34. The summed E-state index contributed by atoms with van der Waals surface area (Å²) in [4.78, 5) is 2.27. The topological polar surface area (TPSA) is 23.5 Å². The van der Waals surface area contributed by atoms with Crippen molar-refractivity contribution in [2.75, 3.05) is 13.6 Å². The van der Waals surface area contributed by atoms with E-state index in [1.54, 1.807) is 0 Å². The lowest BCUT2D eigenvalue weighted by atomic mass is 10.0.